The van der Waals surface area contributed by atoms with Gasteiger partial charge in [-0.3, -0.25) is 4.31 Å². The van der Waals surface area contributed by atoms with Gasteiger partial charge in [0.25, 0.3) is 0 Å². The molecule has 1 aliphatic rings. The molecular formula is C12H14F3N5S. The van der Waals surface area contributed by atoms with Crippen molar-refractivity contribution < 1.29 is 13.2 Å². The molecule has 9 heteroatoms. The molecule has 1 aromatic rings. The van der Waals surface area contributed by atoms with Crippen molar-refractivity contribution >= 4 is 29.6 Å². The number of rotatable bonds is 1. The van der Waals surface area contributed by atoms with Crippen LogP contribution in [0.15, 0.2) is 34.3 Å². The van der Waals surface area contributed by atoms with E-state index in [0.29, 0.717) is 0 Å². The van der Waals surface area contributed by atoms with Crippen molar-refractivity contribution in [2.75, 3.05) is 12.3 Å². The highest BCUT2D eigenvalue weighted by atomic mass is 32.2. The number of hydrogen-bond donors (Lipinski definition) is 2. The SMILES string of the molecule is NC(=Nc1ccc(C(F)(F)F)cc1)/N=C(/N)N1CCCS1. The van der Waals surface area contributed by atoms with Crippen molar-refractivity contribution in [3.8, 4) is 0 Å². The van der Waals surface area contributed by atoms with Crippen LogP contribution >= 0.6 is 11.9 Å². The fourth-order valence-electron chi connectivity index (χ4n) is 1.68. The highest BCUT2D eigenvalue weighted by Gasteiger charge is 2.29. The van der Waals surface area contributed by atoms with E-state index in [2.05, 4.69) is 9.98 Å². The van der Waals surface area contributed by atoms with Crippen molar-refractivity contribution in [1.82, 2.24) is 4.31 Å². The summed E-state index contributed by atoms with van der Waals surface area (Å²) in [6.07, 6.45) is -3.36. The maximum atomic E-state index is 12.4. The lowest BCUT2D eigenvalue weighted by molar-refractivity contribution is -0.137. The number of nitrogens with zero attached hydrogens (tertiary/aromatic N) is 3. The molecule has 0 spiro atoms. The largest absolute Gasteiger partial charge is 0.416 e. The minimum atomic E-state index is -4.37. The normalized spacial score (nSPS) is 17.4. The lowest BCUT2D eigenvalue weighted by Crippen LogP contribution is -2.31. The minimum Gasteiger partial charge on any atom is -0.369 e. The third-order valence-electron chi connectivity index (χ3n) is 2.68. The Morgan fingerprint density at radius 1 is 1.19 bits per heavy atom. The first-order chi connectivity index (χ1) is 9.86. The Kier molecular flexibility index (Phi) is 4.61. The Morgan fingerprint density at radius 3 is 2.38 bits per heavy atom. The smallest absolute Gasteiger partial charge is 0.369 e. The van der Waals surface area contributed by atoms with Crippen LogP contribution in [0.5, 0.6) is 0 Å². The van der Waals surface area contributed by atoms with Gasteiger partial charge in [0.2, 0.25) is 11.9 Å². The Morgan fingerprint density at radius 2 is 1.86 bits per heavy atom. The number of guanidine groups is 2. The van der Waals surface area contributed by atoms with Crippen LogP contribution in [0.3, 0.4) is 0 Å². The van der Waals surface area contributed by atoms with Gasteiger partial charge in [-0.1, -0.05) is 0 Å². The molecule has 1 heterocycles. The van der Waals surface area contributed by atoms with Crippen LogP contribution in [0.1, 0.15) is 12.0 Å². The Bertz CT molecular complexity index is 547. The molecule has 0 aliphatic carbocycles. The molecule has 0 unspecified atom stereocenters. The maximum Gasteiger partial charge on any atom is 0.416 e. The summed E-state index contributed by atoms with van der Waals surface area (Å²) >= 11 is 1.55. The van der Waals surface area contributed by atoms with Gasteiger partial charge in [0.05, 0.1) is 11.3 Å². The van der Waals surface area contributed by atoms with Gasteiger partial charge in [-0.25, -0.2) is 4.99 Å². The van der Waals surface area contributed by atoms with Gasteiger partial charge >= 0.3 is 6.18 Å². The van der Waals surface area contributed by atoms with Gasteiger partial charge in [-0.2, -0.15) is 18.2 Å². The van der Waals surface area contributed by atoms with Crippen LogP contribution in [0, 0.1) is 0 Å². The molecule has 5 nitrogen and oxygen atoms in total. The first-order valence-electron chi connectivity index (χ1n) is 6.12. The molecule has 21 heavy (non-hydrogen) atoms. The highest BCUT2D eigenvalue weighted by Crippen LogP contribution is 2.30. The van der Waals surface area contributed by atoms with E-state index in [0.717, 1.165) is 30.9 Å². The van der Waals surface area contributed by atoms with E-state index in [9.17, 15) is 13.2 Å². The van der Waals surface area contributed by atoms with E-state index in [1.54, 1.807) is 16.3 Å². The van der Waals surface area contributed by atoms with Crippen molar-refractivity contribution in [3.05, 3.63) is 29.8 Å². The van der Waals surface area contributed by atoms with Gasteiger partial charge in [-0.15, -0.1) is 0 Å². The van der Waals surface area contributed by atoms with E-state index in [4.69, 9.17) is 11.5 Å². The van der Waals surface area contributed by atoms with Crippen molar-refractivity contribution in [2.24, 2.45) is 21.5 Å². The zero-order valence-corrected chi connectivity index (χ0v) is 11.8. The summed E-state index contributed by atoms with van der Waals surface area (Å²) in [4.78, 5) is 7.85. The topological polar surface area (TPSA) is 80.0 Å². The number of benzene rings is 1. The third-order valence-corrected chi connectivity index (χ3v) is 3.83. The Hall–Kier alpha value is -1.90. The van der Waals surface area contributed by atoms with E-state index >= 15 is 0 Å². The van der Waals surface area contributed by atoms with E-state index in [-0.39, 0.29) is 17.6 Å². The number of hydrogen-bond acceptors (Lipinski definition) is 2. The molecule has 114 valence electrons. The molecule has 2 rings (SSSR count). The lowest BCUT2D eigenvalue weighted by Gasteiger charge is -2.13. The average molecular weight is 317 g/mol. The maximum absolute atomic E-state index is 12.4. The lowest BCUT2D eigenvalue weighted by atomic mass is 10.2. The molecule has 0 atom stereocenters. The summed E-state index contributed by atoms with van der Waals surface area (Å²) in [5, 5.41) is 0. The van der Waals surface area contributed by atoms with E-state index in [1.807, 2.05) is 0 Å². The summed E-state index contributed by atoms with van der Waals surface area (Å²) in [6, 6.07) is 4.34. The zero-order chi connectivity index (χ0) is 15.5. The van der Waals surface area contributed by atoms with Crippen LogP contribution in [0.25, 0.3) is 0 Å². The first kappa shape index (κ1) is 15.5. The third kappa shape index (κ3) is 4.28. The summed E-state index contributed by atoms with van der Waals surface area (Å²) in [7, 11) is 0. The number of aliphatic imine (C=N–C) groups is 2. The molecule has 1 fully saturated rings. The van der Waals surface area contributed by atoms with Gasteiger partial charge in [0.1, 0.15) is 0 Å². The molecule has 0 bridgehead atoms. The number of alkyl halides is 3. The molecule has 0 amide bonds. The number of halogens is 3. The second-order valence-electron chi connectivity index (χ2n) is 4.27. The Balaban J connectivity index is 2.09. The second kappa shape index (κ2) is 6.25. The predicted molar refractivity (Wildman–Crippen MR) is 78.1 cm³/mol. The molecule has 1 aliphatic heterocycles. The fourth-order valence-corrected chi connectivity index (χ4v) is 2.59. The summed E-state index contributed by atoms with van der Waals surface area (Å²) < 4.78 is 39.1. The second-order valence-corrected chi connectivity index (χ2v) is 5.38. The molecule has 1 saturated heterocycles. The van der Waals surface area contributed by atoms with E-state index < -0.39 is 11.7 Å². The summed E-state index contributed by atoms with van der Waals surface area (Å²) in [6.45, 7) is 0.785. The highest BCUT2D eigenvalue weighted by molar-refractivity contribution is 7.97. The zero-order valence-electron chi connectivity index (χ0n) is 11.0. The number of nitrogens with two attached hydrogens (primary N) is 2. The van der Waals surface area contributed by atoms with Crippen molar-refractivity contribution in [1.29, 1.82) is 0 Å². The molecular weight excluding hydrogens is 303 g/mol. The Labute approximate surface area is 124 Å². The van der Waals surface area contributed by atoms with Gasteiger partial charge in [-0.05, 0) is 42.6 Å². The summed E-state index contributed by atoms with van der Waals surface area (Å²) in [5.74, 6) is 1.11. The molecule has 0 aromatic heterocycles. The van der Waals surface area contributed by atoms with Gasteiger partial charge in [0, 0.05) is 12.3 Å². The van der Waals surface area contributed by atoms with E-state index in [1.165, 1.54) is 12.1 Å². The van der Waals surface area contributed by atoms with Gasteiger partial charge < -0.3 is 11.5 Å². The predicted octanol–water partition coefficient (Wildman–Crippen LogP) is 2.32. The molecule has 4 N–H and O–H groups in total. The quantitative estimate of drug-likeness (QED) is 0.473. The first-order valence-corrected chi connectivity index (χ1v) is 7.06. The fraction of sp³-hybridized carbons (Fsp3) is 0.333. The van der Waals surface area contributed by atoms with Crippen LogP contribution in [0.4, 0.5) is 18.9 Å². The average Bonchev–Trinajstić information content (AvgIpc) is 2.92. The van der Waals surface area contributed by atoms with Crippen LogP contribution in [-0.2, 0) is 6.18 Å². The van der Waals surface area contributed by atoms with Gasteiger partial charge in [0.15, 0.2) is 0 Å². The minimum absolute atomic E-state index is 0.0974. The summed E-state index contributed by atoms with van der Waals surface area (Å²) in [5.41, 5.74) is 10.9. The van der Waals surface area contributed by atoms with Crippen molar-refractivity contribution in [2.45, 2.75) is 12.6 Å². The molecule has 0 radical (unpaired) electrons. The monoisotopic (exact) mass is 317 g/mol. The van der Waals surface area contributed by atoms with Crippen molar-refractivity contribution in [3.63, 3.8) is 0 Å². The standard InChI is InChI=1S/C12H14F3N5S/c13-12(14,15)8-2-4-9(5-3-8)18-10(16)19-11(17)20-6-1-7-21-20/h2-5H,1,6-7H2,(H4,16,17,18,19). The van der Waals surface area contributed by atoms with Crippen LogP contribution < -0.4 is 11.5 Å². The molecule has 0 saturated carbocycles. The molecule has 1 aromatic carbocycles. The van der Waals surface area contributed by atoms with Crippen LogP contribution in [-0.4, -0.2) is 28.5 Å². The van der Waals surface area contributed by atoms with Crippen LogP contribution in [0.2, 0.25) is 0 Å².